The van der Waals surface area contributed by atoms with Gasteiger partial charge >= 0.3 is 0 Å². The minimum Gasteiger partial charge on any atom is -0.356 e. The summed E-state index contributed by atoms with van der Waals surface area (Å²) in [6, 6.07) is 2.17. The van der Waals surface area contributed by atoms with Crippen molar-refractivity contribution in [3.63, 3.8) is 0 Å². The predicted octanol–water partition coefficient (Wildman–Crippen LogP) is 3.12. The van der Waals surface area contributed by atoms with E-state index in [2.05, 4.69) is 44.1 Å². The molecule has 2 saturated heterocycles. The maximum Gasteiger partial charge on any atom is 0.131 e. The average molecular weight is 324 g/mol. The number of aryl methyl sites for hydroxylation is 1. The van der Waals surface area contributed by atoms with Crippen LogP contribution in [-0.2, 0) is 0 Å². The molecule has 0 aromatic carbocycles. The van der Waals surface area contributed by atoms with E-state index in [0.717, 1.165) is 17.6 Å². The fraction of sp³-hybridized carbons (Fsp3) is 0.667. The molecule has 3 heterocycles. The van der Waals surface area contributed by atoms with E-state index in [4.69, 9.17) is 0 Å². The molecule has 0 radical (unpaired) electrons. The van der Waals surface area contributed by atoms with Crippen LogP contribution < -0.4 is 10.2 Å². The highest BCUT2D eigenvalue weighted by molar-refractivity contribution is 9.10. The topological polar surface area (TPSA) is 28.2 Å². The van der Waals surface area contributed by atoms with Gasteiger partial charge in [0.05, 0.1) is 0 Å². The molecule has 0 amide bonds. The van der Waals surface area contributed by atoms with Crippen molar-refractivity contribution >= 4 is 21.7 Å². The van der Waals surface area contributed by atoms with Crippen molar-refractivity contribution in [3.05, 3.63) is 22.3 Å². The van der Waals surface area contributed by atoms with Crippen molar-refractivity contribution in [1.82, 2.24) is 10.3 Å². The van der Waals surface area contributed by atoms with Crippen molar-refractivity contribution in [1.29, 1.82) is 0 Å². The van der Waals surface area contributed by atoms with Gasteiger partial charge in [-0.2, -0.15) is 0 Å². The molecule has 19 heavy (non-hydrogen) atoms. The van der Waals surface area contributed by atoms with Gasteiger partial charge in [-0.25, -0.2) is 4.98 Å². The van der Waals surface area contributed by atoms with Crippen molar-refractivity contribution < 1.29 is 0 Å². The highest BCUT2D eigenvalue weighted by Gasteiger charge is 2.37. The Bertz CT molecular complexity index is 449. The van der Waals surface area contributed by atoms with Crippen LogP contribution in [0.25, 0.3) is 0 Å². The summed E-state index contributed by atoms with van der Waals surface area (Å²) in [7, 11) is 0. The zero-order valence-corrected chi connectivity index (χ0v) is 13.2. The van der Waals surface area contributed by atoms with Gasteiger partial charge in [-0.15, -0.1) is 0 Å². The number of piperidine rings is 2. The van der Waals surface area contributed by atoms with Gasteiger partial charge in [0, 0.05) is 35.7 Å². The molecular weight excluding hydrogens is 302 g/mol. The summed E-state index contributed by atoms with van der Waals surface area (Å²) in [5.41, 5.74) is 1.76. The number of nitrogens with zero attached hydrogens (tertiary/aromatic N) is 2. The molecule has 1 aromatic rings. The summed E-state index contributed by atoms with van der Waals surface area (Å²) in [6.07, 6.45) is 7.26. The Morgan fingerprint density at radius 1 is 1.37 bits per heavy atom. The quantitative estimate of drug-likeness (QED) is 0.860. The van der Waals surface area contributed by atoms with Gasteiger partial charge in [-0.3, -0.25) is 0 Å². The minimum absolute atomic E-state index is 0.484. The molecule has 0 bridgehead atoms. The molecule has 1 atom stereocenters. The third kappa shape index (κ3) is 2.79. The van der Waals surface area contributed by atoms with Gasteiger partial charge in [-0.05, 0) is 66.7 Å². The van der Waals surface area contributed by atoms with E-state index >= 15 is 0 Å². The van der Waals surface area contributed by atoms with Crippen LogP contribution in [-0.4, -0.2) is 31.2 Å². The lowest BCUT2D eigenvalue weighted by atomic mass is 9.74. The first kappa shape index (κ1) is 13.4. The molecule has 4 heteroatoms. The van der Waals surface area contributed by atoms with Crippen molar-refractivity contribution in [2.24, 2.45) is 5.41 Å². The number of halogens is 1. The minimum atomic E-state index is 0.484. The van der Waals surface area contributed by atoms with E-state index in [1.807, 2.05) is 6.20 Å². The van der Waals surface area contributed by atoms with Gasteiger partial charge in [0.25, 0.3) is 0 Å². The predicted molar refractivity (Wildman–Crippen MR) is 82.7 cm³/mol. The van der Waals surface area contributed by atoms with E-state index in [9.17, 15) is 0 Å². The summed E-state index contributed by atoms with van der Waals surface area (Å²) in [4.78, 5) is 7.14. The van der Waals surface area contributed by atoms with Crippen LogP contribution in [0.5, 0.6) is 0 Å². The van der Waals surface area contributed by atoms with Crippen LogP contribution in [0.15, 0.2) is 16.7 Å². The summed E-state index contributed by atoms with van der Waals surface area (Å²) in [5.74, 6) is 1.17. The molecule has 104 valence electrons. The number of anilines is 1. The molecule has 1 spiro atoms. The van der Waals surface area contributed by atoms with Crippen LogP contribution in [0.1, 0.15) is 31.2 Å². The Morgan fingerprint density at radius 3 is 2.95 bits per heavy atom. The third-order valence-electron chi connectivity index (χ3n) is 4.54. The van der Waals surface area contributed by atoms with E-state index in [-0.39, 0.29) is 0 Å². The smallest absolute Gasteiger partial charge is 0.131 e. The van der Waals surface area contributed by atoms with E-state index in [1.165, 1.54) is 50.2 Å². The maximum atomic E-state index is 4.64. The number of hydrogen-bond acceptors (Lipinski definition) is 3. The summed E-state index contributed by atoms with van der Waals surface area (Å²) < 4.78 is 1.07. The molecular formula is C15H22BrN3. The van der Waals surface area contributed by atoms with Crippen LogP contribution in [0.2, 0.25) is 0 Å². The molecule has 1 N–H and O–H groups in total. The van der Waals surface area contributed by atoms with Gasteiger partial charge in [-0.1, -0.05) is 0 Å². The number of aromatic nitrogens is 1. The monoisotopic (exact) mass is 323 g/mol. The highest BCUT2D eigenvalue weighted by atomic mass is 79.9. The molecule has 0 aliphatic carbocycles. The summed E-state index contributed by atoms with van der Waals surface area (Å²) in [5, 5.41) is 3.59. The van der Waals surface area contributed by atoms with Crippen molar-refractivity contribution in [2.75, 3.05) is 31.1 Å². The Morgan fingerprint density at radius 2 is 2.21 bits per heavy atom. The third-order valence-corrected chi connectivity index (χ3v) is 4.97. The number of rotatable bonds is 1. The first-order chi connectivity index (χ1) is 9.19. The Kier molecular flexibility index (Phi) is 3.81. The molecule has 2 aliphatic heterocycles. The van der Waals surface area contributed by atoms with Crippen LogP contribution in [0.3, 0.4) is 0 Å². The molecule has 2 aliphatic rings. The van der Waals surface area contributed by atoms with Crippen molar-refractivity contribution in [3.8, 4) is 0 Å². The second-order valence-electron chi connectivity index (χ2n) is 6.10. The molecule has 1 aromatic heterocycles. The lowest BCUT2D eigenvalue weighted by Crippen LogP contribution is -2.51. The Labute approximate surface area is 123 Å². The molecule has 2 fully saturated rings. The molecule has 3 rings (SSSR count). The summed E-state index contributed by atoms with van der Waals surface area (Å²) >= 11 is 3.50. The van der Waals surface area contributed by atoms with Crippen LogP contribution >= 0.6 is 15.9 Å². The number of hydrogen-bond donors (Lipinski definition) is 1. The Hall–Kier alpha value is -0.610. The van der Waals surface area contributed by atoms with Gasteiger partial charge in [0.1, 0.15) is 5.82 Å². The maximum absolute atomic E-state index is 4.64. The van der Waals surface area contributed by atoms with Crippen LogP contribution in [0.4, 0.5) is 5.82 Å². The fourth-order valence-corrected chi connectivity index (χ4v) is 4.08. The normalized spacial score (nSPS) is 27.8. The van der Waals surface area contributed by atoms with E-state index in [1.54, 1.807) is 0 Å². The summed E-state index contributed by atoms with van der Waals surface area (Å²) in [6.45, 7) is 6.84. The second kappa shape index (κ2) is 5.41. The first-order valence-electron chi connectivity index (χ1n) is 7.26. The lowest BCUT2D eigenvalue weighted by molar-refractivity contribution is 0.173. The first-order valence-corrected chi connectivity index (χ1v) is 8.06. The second-order valence-corrected chi connectivity index (χ2v) is 7.02. The van der Waals surface area contributed by atoms with E-state index < -0.39 is 0 Å². The SMILES string of the molecule is Cc1cc(Br)cnc1N1CCCC2(CCCNC2)C1. The standard InChI is InChI=1S/C15H22BrN3/c1-12-8-13(16)9-18-14(12)19-7-3-5-15(11-19)4-2-6-17-10-15/h8-9,17H,2-7,10-11H2,1H3. The van der Waals surface area contributed by atoms with Gasteiger partial charge < -0.3 is 10.2 Å². The molecule has 1 unspecified atom stereocenters. The van der Waals surface area contributed by atoms with Gasteiger partial charge in [0.15, 0.2) is 0 Å². The average Bonchev–Trinajstić information content (AvgIpc) is 2.39. The highest BCUT2D eigenvalue weighted by Crippen LogP contribution is 2.37. The molecule has 3 nitrogen and oxygen atoms in total. The zero-order valence-electron chi connectivity index (χ0n) is 11.6. The van der Waals surface area contributed by atoms with Crippen LogP contribution in [0, 0.1) is 12.3 Å². The zero-order chi connectivity index (χ0) is 13.3. The van der Waals surface area contributed by atoms with Gasteiger partial charge in [0.2, 0.25) is 0 Å². The van der Waals surface area contributed by atoms with E-state index in [0.29, 0.717) is 5.41 Å². The lowest BCUT2D eigenvalue weighted by Gasteiger charge is -2.46. The largest absolute Gasteiger partial charge is 0.356 e. The molecule has 0 saturated carbocycles. The fourth-order valence-electron chi connectivity index (χ4n) is 3.63. The Balaban J connectivity index is 1.81. The number of nitrogens with one attached hydrogen (secondary N) is 1. The van der Waals surface area contributed by atoms with Crippen molar-refractivity contribution in [2.45, 2.75) is 32.6 Å². The number of pyridine rings is 1.